The fourth-order valence-electron chi connectivity index (χ4n) is 2.75. The van der Waals surface area contributed by atoms with Crippen molar-refractivity contribution >= 4 is 10.9 Å². The highest BCUT2D eigenvalue weighted by Gasteiger charge is 2.07. The van der Waals surface area contributed by atoms with E-state index in [9.17, 15) is 5.11 Å². The van der Waals surface area contributed by atoms with Gasteiger partial charge in [-0.05, 0) is 36.4 Å². The van der Waals surface area contributed by atoms with Crippen LogP contribution in [0.25, 0.3) is 10.9 Å². The Kier molecular flexibility index (Phi) is 3.33. The van der Waals surface area contributed by atoms with Gasteiger partial charge in [0.25, 0.3) is 0 Å². The van der Waals surface area contributed by atoms with Gasteiger partial charge in [0.2, 0.25) is 0 Å². The Morgan fingerprint density at radius 2 is 1.85 bits per heavy atom. The van der Waals surface area contributed by atoms with E-state index >= 15 is 0 Å². The summed E-state index contributed by atoms with van der Waals surface area (Å²) in [4.78, 5) is 0. The van der Waals surface area contributed by atoms with Gasteiger partial charge in [-0.2, -0.15) is 0 Å². The molecule has 0 atom stereocenters. The fourth-order valence-corrected chi connectivity index (χ4v) is 2.75. The Hall–Kier alpha value is -2.06. The topological polar surface area (TPSA) is 25.2 Å². The van der Waals surface area contributed by atoms with Crippen molar-refractivity contribution in [2.24, 2.45) is 0 Å². The number of aliphatic hydroxyl groups is 1. The summed E-state index contributed by atoms with van der Waals surface area (Å²) in [6.07, 6.45) is 2.10. The number of para-hydroxylation sites is 1. The molecule has 20 heavy (non-hydrogen) atoms. The van der Waals surface area contributed by atoms with Gasteiger partial charge in [0.15, 0.2) is 0 Å². The Bertz CT molecular complexity index is 755. The molecule has 1 aromatic heterocycles. The zero-order chi connectivity index (χ0) is 14.1. The number of rotatable bonds is 3. The molecule has 0 saturated carbocycles. The maximum Gasteiger partial charge on any atom is 0.0702 e. The van der Waals surface area contributed by atoms with Crippen LogP contribution < -0.4 is 0 Å². The van der Waals surface area contributed by atoms with Crippen LogP contribution in [0.3, 0.4) is 0 Å². The van der Waals surface area contributed by atoms with Crippen LogP contribution in [0.1, 0.15) is 22.3 Å². The third kappa shape index (κ3) is 2.23. The minimum atomic E-state index is 0.0775. The molecule has 3 aromatic rings. The van der Waals surface area contributed by atoms with Gasteiger partial charge in [-0.3, -0.25) is 0 Å². The standard InChI is InChI=1S/C18H19NO/c1-13-6-7-14(2)17(10-13)11-19-9-8-15-4-3-5-16(12-20)18(15)19/h3-10,20H,11-12H2,1-2H3. The van der Waals surface area contributed by atoms with Crippen molar-refractivity contribution in [2.75, 3.05) is 0 Å². The van der Waals surface area contributed by atoms with Gasteiger partial charge in [-0.25, -0.2) is 0 Å². The number of aliphatic hydroxyl groups excluding tert-OH is 1. The third-order valence-corrected chi connectivity index (χ3v) is 3.89. The van der Waals surface area contributed by atoms with E-state index in [1.165, 1.54) is 22.1 Å². The summed E-state index contributed by atoms with van der Waals surface area (Å²) in [5.74, 6) is 0. The summed E-state index contributed by atoms with van der Waals surface area (Å²) in [7, 11) is 0. The largest absolute Gasteiger partial charge is 0.392 e. The van der Waals surface area contributed by atoms with Crippen LogP contribution in [-0.2, 0) is 13.2 Å². The summed E-state index contributed by atoms with van der Waals surface area (Å²) in [5.41, 5.74) is 6.03. The first-order valence-electron chi connectivity index (χ1n) is 6.93. The highest BCUT2D eigenvalue weighted by atomic mass is 16.3. The van der Waals surface area contributed by atoms with E-state index in [1.807, 2.05) is 12.1 Å². The molecule has 0 aliphatic carbocycles. The fraction of sp³-hybridized carbons (Fsp3) is 0.222. The molecule has 2 nitrogen and oxygen atoms in total. The second-order valence-corrected chi connectivity index (χ2v) is 5.39. The molecule has 0 saturated heterocycles. The Morgan fingerprint density at radius 1 is 1.00 bits per heavy atom. The van der Waals surface area contributed by atoms with Crippen molar-refractivity contribution in [3.05, 3.63) is 70.9 Å². The normalized spacial score (nSPS) is 11.2. The minimum absolute atomic E-state index is 0.0775. The molecule has 102 valence electrons. The zero-order valence-electron chi connectivity index (χ0n) is 11.9. The number of aryl methyl sites for hydroxylation is 2. The first kappa shape index (κ1) is 12.9. The highest BCUT2D eigenvalue weighted by molar-refractivity contribution is 5.83. The number of fused-ring (bicyclic) bond motifs is 1. The molecular formula is C18H19NO. The van der Waals surface area contributed by atoms with E-state index in [0.29, 0.717) is 0 Å². The monoisotopic (exact) mass is 265 g/mol. The van der Waals surface area contributed by atoms with Gasteiger partial charge in [0, 0.05) is 18.3 Å². The highest BCUT2D eigenvalue weighted by Crippen LogP contribution is 2.22. The molecule has 0 radical (unpaired) electrons. The Balaban J connectivity index is 2.09. The van der Waals surface area contributed by atoms with Gasteiger partial charge in [-0.1, -0.05) is 42.0 Å². The molecule has 1 heterocycles. The van der Waals surface area contributed by atoms with E-state index < -0.39 is 0 Å². The van der Waals surface area contributed by atoms with Gasteiger partial charge < -0.3 is 9.67 Å². The molecule has 0 unspecified atom stereocenters. The molecule has 0 fully saturated rings. The molecule has 0 spiro atoms. The van der Waals surface area contributed by atoms with Gasteiger partial charge in [-0.15, -0.1) is 0 Å². The number of aromatic nitrogens is 1. The molecule has 1 N–H and O–H groups in total. The van der Waals surface area contributed by atoms with Crippen LogP contribution in [0.15, 0.2) is 48.7 Å². The predicted octanol–water partition coefficient (Wildman–Crippen LogP) is 3.80. The van der Waals surface area contributed by atoms with E-state index in [2.05, 4.69) is 54.9 Å². The van der Waals surface area contributed by atoms with E-state index in [0.717, 1.165) is 17.6 Å². The Labute approximate surface area is 119 Å². The first-order valence-corrected chi connectivity index (χ1v) is 6.93. The number of benzene rings is 2. The lowest BCUT2D eigenvalue weighted by molar-refractivity contribution is 0.283. The molecule has 0 amide bonds. The van der Waals surface area contributed by atoms with Gasteiger partial charge in [0.05, 0.1) is 12.1 Å². The van der Waals surface area contributed by atoms with E-state index in [-0.39, 0.29) is 6.61 Å². The average molecular weight is 265 g/mol. The lowest BCUT2D eigenvalue weighted by Crippen LogP contribution is -2.02. The van der Waals surface area contributed by atoms with E-state index in [1.54, 1.807) is 0 Å². The average Bonchev–Trinajstić information content (AvgIpc) is 2.86. The van der Waals surface area contributed by atoms with Crippen LogP contribution in [0.5, 0.6) is 0 Å². The maximum atomic E-state index is 9.53. The van der Waals surface area contributed by atoms with Gasteiger partial charge >= 0.3 is 0 Å². The second kappa shape index (κ2) is 5.14. The first-order chi connectivity index (χ1) is 9.69. The quantitative estimate of drug-likeness (QED) is 0.765. The smallest absolute Gasteiger partial charge is 0.0702 e. The minimum Gasteiger partial charge on any atom is -0.392 e. The van der Waals surface area contributed by atoms with Gasteiger partial charge in [0.1, 0.15) is 0 Å². The van der Waals surface area contributed by atoms with Crippen molar-refractivity contribution in [2.45, 2.75) is 27.0 Å². The van der Waals surface area contributed by atoms with Crippen molar-refractivity contribution in [1.82, 2.24) is 4.57 Å². The number of nitrogens with zero attached hydrogens (tertiary/aromatic N) is 1. The molecule has 0 bridgehead atoms. The van der Waals surface area contributed by atoms with Crippen LogP contribution >= 0.6 is 0 Å². The van der Waals surface area contributed by atoms with Crippen LogP contribution in [0, 0.1) is 13.8 Å². The molecule has 2 aromatic carbocycles. The van der Waals surface area contributed by atoms with Crippen molar-refractivity contribution in [3.63, 3.8) is 0 Å². The summed E-state index contributed by atoms with van der Waals surface area (Å²) >= 11 is 0. The molecule has 2 heteroatoms. The zero-order valence-corrected chi connectivity index (χ0v) is 11.9. The summed E-state index contributed by atoms with van der Waals surface area (Å²) in [5, 5.41) is 10.7. The predicted molar refractivity (Wildman–Crippen MR) is 82.9 cm³/mol. The lowest BCUT2D eigenvalue weighted by atomic mass is 10.1. The molecule has 0 aliphatic heterocycles. The van der Waals surface area contributed by atoms with Crippen molar-refractivity contribution < 1.29 is 5.11 Å². The van der Waals surface area contributed by atoms with Crippen molar-refractivity contribution in [1.29, 1.82) is 0 Å². The lowest BCUT2D eigenvalue weighted by Gasteiger charge is -2.11. The maximum absolute atomic E-state index is 9.53. The molecular weight excluding hydrogens is 246 g/mol. The van der Waals surface area contributed by atoms with Crippen LogP contribution in [-0.4, -0.2) is 9.67 Å². The summed E-state index contributed by atoms with van der Waals surface area (Å²) in [6, 6.07) is 14.7. The third-order valence-electron chi connectivity index (χ3n) is 3.89. The summed E-state index contributed by atoms with van der Waals surface area (Å²) < 4.78 is 2.22. The Morgan fingerprint density at radius 3 is 2.65 bits per heavy atom. The van der Waals surface area contributed by atoms with Crippen molar-refractivity contribution in [3.8, 4) is 0 Å². The second-order valence-electron chi connectivity index (χ2n) is 5.39. The summed E-state index contributed by atoms with van der Waals surface area (Å²) in [6.45, 7) is 5.19. The molecule has 3 rings (SSSR count). The van der Waals surface area contributed by atoms with E-state index in [4.69, 9.17) is 0 Å². The van der Waals surface area contributed by atoms with Crippen LogP contribution in [0.2, 0.25) is 0 Å². The van der Waals surface area contributed by atoms with Crippen LogP contribution in [0.4, 0.5) is 0 Å². The SMILES string of the molecule is Cc1ccc(C)c(Cn2ccc3cccc(CO)c32)c1. The molecule has 0 aliphatic rings. The number of hydrogen-bond acceptors (Lipinski definition) is 1. The number of hydrogen-bond donors (Lipinski definition) is 1.